The van der Waals surface area contributed by atoms with Crippen LogP contribution in [0.2, 0.25) is 0 Å². The van der Waals surface area contributed by atoms with Crippen LogP contribution >= 0.6 is 11.8 Å². The molecule has 1 heterocycles. The Hall–Kier alpha value is -1.46. The van der Waals surface area contributed by atoms with Crippen molar-refractivity contribution < 1.29 is 14.6 Å². The van der Waals surface area contributed by atoms with Gasteiger partial charge in [0.1, 0.15) is 18.4 Å². The van der Waals surface area contributed by atoms with E-state index in [-0.39, 0.29) is 5.37 Å². The van der Waals surface area contributed by atoms with Crippen molar-refractivity contribution in [1.29, 1.82) is 0 Å². The number of rotatable bonds is 5. The zero-order valence-electron chi connectivity index (χ0n) is 9.83. The predicted octanol–water partition coefficient (Wildman–Crippen LogP) is 2.04. The second kappa shape index (κ2) is 5.93. The Bertz CT molecular complexity index is 432. The molecule has 1 aliphatic rings. The average molecular weight is 265 g/mol. The summed E-state index contributed by atoms with van der Waals surface area (Å²) in [6.07, 6.45) is 1.69. The molecule has 2 atom stereocenters. The van der Waals surface area contributed by atoms with Gasteiger partial charge in [-0.05, 0) is 17.7 Å². The van der Waals surface area contributed by atoms with E-state index in [2.05, 4.69) is 11.9 Å². The van der Waals surface area contributed by atoms with E-state index in [1.54, 1.807) is 17.8 Å². The van der Waals surface area contributed by atoms with Crippen molar-refractivity contribution in [3.05, 3.63) is 42.5 Å². The minimum absolute atomic E-state index is 0.0413. The molecular formula is C13H15NO3S. The predicted molar refractivity (Wildman–Crippen MR) is 71.9 cm³/mol. The SMILES string of the molecule is C=CCOc1ccc(C2NC(C(=O)O)CS2)cc1. The summed E-state index contributed by atoms with van der Waals surface area (Å²) in [7, 11) is 0. The first-order valence-corrected chi connectivity index (χ1v) is 6.69. The fourth-order valence-electron chi connectivity index (χ4n) is 1.70. The fourth-order valence-corrected chi connectivity index (χ4v) is 2.93. The van der Waals surface area contributed by atoms with Crippen LogP contribution in [0.1, 0.15) is 10.9 Å². The summed E-state index contributed by atoms with van der Waals surface area (Å²) >= 11 is 1.61. The van der Waals surface area contributed by atoms with Crippen LogP contribution in [0.4, 0.5) is 0 Å². The highest BCUT2D eigenvalue weighted by Crippen LogP contribution is 2.33. The zero-order chi connectivity index (χ0) is 13.0. The summed E-state index contributed by atoms with van der Waals surface area (Å²) in [5.74, 6) is 0.585. The third kappa shape index (κ3) is 3.05. The lowest BCUT2D eigenvalue weighted by atomic mass is 10.2. The number of thioether (sulfide) groups is 1. The summed E-state index contributed by atoms with van der Waals surface area (Å²) in [5, 5.41) is 12.0. The van der Waals surface area contributed by atoms with Gasteiger partial charge in [-0.3, -0.25) is 10.1 Å². The highest BCUT2D eigenvalue weighted by atomic mass is 32.2. The van der Waals surface area contributed by atoms with Crippen molar-refractivity contribution in [1.82, 2.24) is 5.32 Å². The molecule has 0 radical (unpaired) electrons. The van der Waals surface area contributed by atoms with Gasteiger partial charge in [-0.2, -0.15) is 0 Å². The number of hydrogen-bond donors (Lipinski definition) is 2. The standard InChI is InChI=1S/C13H15NO3S/c1-2-7-17-10-5-3-9(4-6-10)12-14-11(8-18-12)13(15)16/h2-6,11-12,14H,1,7-8H2,(H,15,16). The second-order valence-electron chi connectivity index (χ2n) is 3.94. The zero-order valence-corrected chi connectivity index (χ0v) is 10.7. The maximum atomic E-state index is 10.8. The number of carboxylic acids is 1. The lowest BCUT2D eigenvalue weighted by molar-refractivity contribution is -0.138. The van der Waals surface area contributed by atoms with E-state index in [1.807, 2.05) is 24.3 Å². The molecule has 2 unspecified atom stereocenters. The fraction of sp³-hybridized carbons (Fsp3) is 0.308. The van der Waals surface area contributed by atoms with E-state index in [4.69, 9.17) is 9.84 Å². The van der Waals surface area contributed by atoms with E-state index in [1.165, 1.54) is 0 Å². The van der Waals surface area contributed by atoms with Gasteiger partial charge in [0, 0.05) is 5.75 Å². The van der Waals surface area contributed by atoms with Gasteiger partial charge in [0.25, 0.3) is 0 Å². The molecule has 1 aromatic carbocycles. The van der Waals surface area contributed by atoms with E-state index in [0.29, 0.717) is 12.4 Å². The van der Waals surface area contributed by atoms with Crippen LogP contribution in [0.5, 0.6) is 5.75 Å². The van der Waals surface area contributed by atoms with Crippen LogP contribution in [0, 0.1) is 0 Å². The Kier molecular flexibility index (Phi) is 4.28. The number of hydrogen-bond acceptors (Lipinski definition) is 4. The number of carboxylic acid groups (broad SMARTS) is 1. The number of ether oxygens (including phenoxy) is 1. The van der Waals surface area contributed by atoms with Crippen molar-refractivity contribution >= 4 is 17.7 Å². The van der Waals surface area contributed by atoms with Crippen molar-refractivity contribution in [3.63, 3.8) is 0 Å². The van der Waals surface area contributed by atoms with Gasteiger partial charge in [-0.1, -0.05) is 24.8 Å². The molecule has 5 heteroatoms. The molecule has 96 valence electrons. The van der Waals surface area contributed by atoms with E-state index in [9.17, 15) is 4.79 Å². The summed E-state index contributed by atoms with van der Waals surface area (Å²) in [4.78, 5) is 10.8. The second-order valence-corrected chi connectivity index (χ2v) is 5.08. The van der Waals surface area contributed by atoms with Crippen molar-refractivity contribution in [3.8, 4) is 5.75 Å². The first-order chi connectivity index (χ1) is 8.70. The third-order valence-corrected chi connectivity index (χ3v) is 3.90. The maximum absolute atomic E-state index is 10.8. The van der Waals surface area contributed by atoms with Crippen molar-refractivity contribution in [2.24, 2.45) is 0 Å². The highest BCUT2D eigenvalue weighted by Gasteiger charge is 2.30. The Morgan fingerprint density at radius 1 is 1.56 bits per heavy atom. The molecule has 2 rings (SSSR count). The van der Waals surface area contributed by atoms with Gasteiger partial charge in [-0.25, -0.2) is 0 Å². The Labute approximate surface area is 110 Å². The number of benzene rings is 1. The van der Waals surface area contributed by atoms with Crippen molar-refractivity contribution in [2.75, 3.05) is 12.4 Å². The van der Waals surface area contributed by atoms with Gasteiger partial charge < -0.3 is 9.84 Å². The average Bonchev–Trinajstić information content (AvgIpc) is 2.87. The van der Waals surface area contributed by atoms with Crippen LogP contribution in [-0.4, -0.2) is 29.5 Å². The first-order valence-electron chi connectivity index (χ1n) is 5.65. The number of carbonyl (C=O) groups is 1. The smallest absolute Gasteiger partial charge is 0.321 e. The molecular weight excluding hydrogens is 250 g/mol. The normalized spacial score (nSPS) is 22.7. The molecule has 1 saturated heterocycles. The largest absolute Gasteiger partial charge is 0.490 e. The molecule has 2 N–H and O–H groups in total. The molecule has 0 amide bonds. The van der Waals surface area contributed by atoms with Crippen molar-refractivity contribution in [2.45, 2.75) is 11.4 Å². The van der Waals surface area contributed by atoms with Crippen LogP contribution in [0.3, 0.4) is 0 Å². The van der Waals surface area contributed by atoms with Gasteiger partial charge >= 0.3 is 5.97 Å². The summed E-state index contributed by atoms with van der Waals surface area (Å²) in [6.45, 7) is 4.07. The monoisotopic (exact) mass is 265 g/mol. The molecule has 0 spiro atoms. The van der Waals surface area contributed by atoms with Gasteiger partial charge in [0.05, 0.1) is 5.37 Å². The third-order valence-electron chi connectivity index (χ3n) is 2.63. The number of nitrogens with one attached hydrogen (secondary N) is 1. The minimum atomic E-state index is -0.795. The quantitative estimate of drug-likeness (QED) is 0.798. The highest BCUT2D eigenvalue weighted by molar-refractivity contribution is 7.99. The lowest BCUT2D eigenvalue weighted by Gasteiger charge is -2.12. The topological polar surface area (TPSA) is 58.6 Å². The molecule has 0 aliphatic carbocycles. The van der Waals surface area contributed by atoms with Crippen LogP contribution in [-0.2, 0) is 4.79 Å². The molecule has 0 aromatic heterocycles. The molecule has 1 aliphatic heterocycles. The van der Waals surface area contributed by atoms with Crippen LogP contribution in [0.25, 0.3) is 0 Å². The molecule has 18 heavy (non-hydrogen) atoms. The first kappa shape index (κ1) is 13.0. The molecule has 4 nitrogen and oxygen atoms in total. The van der Waals surface area contributed by atoms with Gasteiger partial charge in [-0.15, -0.1) is 11.8 Å². The Balaban J connectivity index is 1.98. The van der Waals surface area contributed by atoms with Gasteiger partial charge in [0.2, 0.25) is 0 Å². The molecule has 1 fully saturated rings. The van der Waals surface area contributed by atoms with E-state index < -0.39 is 12.0 Å². The van der Waals surface area contributed by atoms with E-state index >= 15 is 0 Å². The van der Waals surface area contributed by atoms with E-state index in [0.717, 1.165) is 11.3 Å². The molecule has 1 aromatic rings. The van der Waals surface area contributed by atoms with Crippen LogP contribution < -0.4 is 10.1 Å². The summed E-state index contributed by atoms with van der Waals surface area (Å²) in [5.41, 5.74) is 1.06. The Morgan fingerprint density at radius 2 is 2.28 bits per heavy atom. The summed E-state index contributed by atoms with van der Waals surface area (Å²) < 4.78 is 5.39. The Morgan fingerprint density at radius 3 is 2.83 bits per heavy atom. The minimum Gasteiger partial charge on any atom is -0.490 e. The molecule has 0 saturated carbocycles. The molecule has 0 bridgehead atoms. The van der Waals surface area contributed by atoms with Crippen LogP contribution in [0.15, 0.2) is 36.9 Å². The van der Waals surface area contributed by atoms with Gasteiger partial charge in [0.15, 0.2) is 0 Å². The maximum Gasteiger partial charge on any atom is 0.321 e. The lowest BCUT2D eigenvalue weighted by Crippen LogP contribution is -2.33. The number of aliphatic carboxylic acids is 1. The summed E-state index contributed by atoms with van der Waals surface area (Å²) in [6, 6.07) is 7.21.